The Balaban J connectivity index is 1.84. The SMILES string of the molecule is Cc1cccc(C)c1NC(=S)N(Cc1ccco1)Cc1ccccc1O. The molecule has 26 heavy (non-hydrogen) atoms. The largest absolute Gasteiger partial charge is 0.508 e. The van der Waals surface area contributed by atoms with E-state index in [0.717, 1.165) is 28.1 Å². The molecule has 1 aromatic heterocycles. The third-order valence-electron chi connectivity index (χ3n) is 4.28. The summed E-state index contributed by atoms with van der Waals surface area (Å²) in [6.45, 7) is 5.10. The first-order valence-corrected chi connectivity index (χ1v) is 8.87. The van der Waals surface area contributed by atoms with Gasteiger partial charge in [0.2, 0.25) is 0 Å². The van der Waals surface area contributed by atoms with Crippen molar-refractivity contribution in [3.05, 3.63) is 83.3 Å². The molecule has 0 spiro atoms. The van der Waals surface area contributed by atoms with E-state index in [1.807, 2.05) is 41.3 Å². The topological polar surface area (TPSA) is 48.6 Å². The fourth-order valence-electron chi connectivity index (χ4n) is 2.84. The van der Waals surface area contributed by atoms with E-state index in [1.54, 1.807) is 12.3 Å². The highest BCUT2D eigenvalue weighted by Gasteiger charge is 2.16. The Bertz CT molecular complexity index is 871. The lowest BCUT2D eigenvalue weighted by molar-refractivity contribution is 0.353. The summed E-state index contributed by atoms with van der Waals surface area (Å²) in [6.07, 6.45) is 1.65. The van der Waals surface area contributed by atoms with Gasteiger partial charge in [-0.1, -0.05) is 36.4 Å². The van der Waals surface area contributed by atoms with Gasteiger partial charge < -0.3 is 19.7 Å². The Kier molecular flexibility index (Phi) is 5.58. The average Bonchev–Trinajstić information content (AvgIpc) is 3.12. The van der Waals surface area contributed by atoms with Gasteiger partial charge in [-0.05, 0) is 55.4 Å². The first-order chi connectivity index (χ1) is 12.5. The number of hydrogen-bond acceptors (Lipinski definition) is 3. The molecule has 0 fully saturated rings. The fourth-order valence-corrected chi connectivity index (χ4v) is 3.07. The molecule has 0 amide bonds. The van der Waals surface area contributed by atoms with Crippen LogP contribution < -0.4 is 5.32 Å². The van der Waals surface area contributed by atoms with E-state index in [2.05, 4.69) is 31.3 Å². The lowest BCUT2D eigenvalue weighted by atomic mass is 10.1. The first kappa shape index (κ1) is 18.0. The Morgan fingerprint density at radius 3 is 2.38 bits per heavy atom. The second kappa shape index (κ2) is 8.06. The fraction of sp³-hybridized carbons (Fsp3) is 0.190. The number of hydrogen-bond donors (Lipinski definition) is 2. The number of para-hydroxylation sites is 2. The van der Waals surface area contributed by atoms with Crippen LogP contribution in [-0.4, -0.2) is 15.1 Å². The number of nitrogens with one attached hydrogen (secondary N) is 1. The number of benzene rings is 2. The zero-order valence-corrected chi connectivity index (χ0v) is 15.7. The number of aryl methyl sites for hydroxylation is 2. The summed E-state index contributed by atoms with van der Waals surface area (Å²) in [5.41, 5.74) is 4.09. The number of aromatic hydroxyl groups is 1. The van der Waals surface area contributed by atoms with Gasteiger partial charge in [-0.2, -0.15) is 0 Å². The Morgan fingerprint density at radius 1 is 1.00 bits per heavy atom. The molecule has 0 radical (unpaired) electrons. The minimum atomic E-state index is 0.256. The van der Waals surface area contributed by atoms with Gasteiger partial charge in [-0.3, -0.25) is 0 Å². The number of rotatable bonds is 5. The Morgan fingerprint density at radius 2 is 1.73 bits per heavy atom. The molecule has 3 rings (SSSR count). The van der Waals surface area contributed by atoms with Crippen molar-refractivity contribution in [2.45, 2.75) is 26.9 Å². The molecule has 3 aromatic rings. The predicted molar refractivity (Wildman–Crippen MR) is 108 cm³/mol. The zero-order valence-electron chi connectivity index (χ0n) is 14.9. The number of phenolic OH excluding ortho intramolecular Hbond substituents is 1. The molecule has 4 nitrogen and oxygen atoms in total. The van der Waals surface area contributed by atoms with Crippen molar-refractivity contribution in [2.24, 2.45) is 0 Å². The summed E-state index contributed by atoms with van der Waals surface area (Å²) < 4.78 is 5.49. The summed E-state index contributed by atoms with van der Waals surface area (Å²) in [4.78, 5) is 1.98. The van der Waals surface area contributed by atoms with Gasteiger partial charge in [0.1, 0.15) is 11.5 Å². The van der Waals surface area contributed by atoms with Crippen molar-refractivity contribution in [1.29, 1.82) is 0 Å². The van der Waals surface area contributed by atoms with Crippen LogP contribution in [0.25, 0.3) is 0 Å². The van der Waals surface area contributed by atoms with Gasteiger partial charge in [0.25, 0.3) is 0 Å². The summed E-state index contributed by atoms with van der Waals surface area (Å²) in [5, 5.41) is 14.1. The quantitative estimate of drug-likeness (QED) is 0.622. The van der Waals surface area contributed by atoms with Crippen molar-refractivity contribution >= 4 is 23.0 Å². The maximum atomic E-state index is 10.1. The van der Waals surface area contributed by atoms with E-state index in [-0.39, 0.29) is 5.75 Å². The highest BCUT2D eigenvalue weighted by atomic mass is 32.1. The lowest BCUT2D eigenvalue weighted by Crippen LogP contribution is -2.34. The number of furan rings is 1. The number of phenols is 1. The Hall–Kier alpha value is -2.79. The van der Waals surface area contributed by atoms with Crippen molar-refractivity contribution in [2.75, 3.05) is 5.32 Å². The molecule has 2 aromatic carbocycles. The van der Waals surface area contributed by atoms with Crippen LogP contribution in [0.1, 0.15) is 22.5 Å². The van der Waals surface area contributed by atoms with Crippen LogP contribution in [0.2, 0.25) is 0 Å². The van der Waals surface area contributed by atoms with Crippen molar-refractivity contribution in [1.82, 2.24) is 4.90 Å². The van der Waals surface area contributed by atoms with E-state index >= 15 is 0 Å². The van der Waals surface area contributed by atoms with Crippen LogP contribution in [0.4, 0.5) is 5.69 Å². The minimum absolute atomic E-state index is 0.256. The Labute approximate surface area is 159 Å². The maximum absolute atomic E-state index is 10.1. The molecule has 0 unspecified atom stereocenters. The normalized spacial score (nSPS) is 10.5. The van der Waals surface area contributed by atoms with Crippen molar-refractivity contribution in [3.8, 4) is 5.75 Å². The van der Waals surface area contributed by atoms with E-state index < -0.39 is 0 Å². The molecule has 5 heteroatoms. The van der Waals surface area contributed by atoms with Gasteiger partial charge in [-0.25, -0.2) is 0 Å². The van der Waals surface area contributed by atoms with Gasteiger partial charge in [-0.15, -0.1) is 0 Å². The summed E-state index contributed by atoms with van der Waals surface area (Å²) >= 11 is 5.68. The molecule has 1 heterocycles. The van der Waals surface area contributed by atoms with Crippen LogP contribution in [0, 0.1) is 13.8 Å². The lowest BCUT2D eigenvalue weighted by Gasteiger charge is -2.26. The number of anilines is 1. The summed E-state index contributed by atoms with van der Waals surface area (Å²) in [7, 11) is 0. The minimum Gasteiger partial charge on any atom is -0.508 e. The van der Waals surface area contributed by atoms with Gasteiger partial charge >= 0.3 is 0 Å². The first-order valence-electron chi connectivity index (χ1n) is 8.46. The molecule has 0 saturated heterocycles. The third kappa shape index (κ3) is 4.24. The van der Waals surface area contributed by atoms with E-state index in [1.165, 1.54) is 0 Å². The second-order valence-corrected chi connectivity index (χ2v) is 6.65. The predicted octanol–water partition coefficient (Wildman–Crippen LogP) is 5.00. The van der Waals surface area contributed by atoms with Crippen LogP contribution in [0.5, 0.6) is 5.75 Å². The third-order valence-corrected chi connectivity index (χ3v) is 4.64. The summed E-state index contributed by atoms with van der Waals surface area (Å²) in [5.74, 6) is 1.07. The molecule has 0 aliphatic rings. The van der Waals surface area contributed by atoms with Gasteiger partial charge in [0.15, 0.2) is 5.11 Å². The van der Waals surface area contributed by atoms with Crippen LogP contribution >= 0.6 is 12.2 Å². The summed E-state index contributed by atoms with van der Waals surface area (Å²) in [6, 6.07) is 17.2. The van der Waals surface area contributed by atoms with Gasteiger partial charge in [0.05, 0.1) is 12.8 Å². The number of thiocarbonyl (C=S) groups is 1. The molecule has 134 valence electrons. The number of nitrogens with zero attached hydrogens (tertiary/aromatic N) is 1. The van der Waals surface area contributed by atoms with E-state index in [4.69, 9.17) is 16.6 Å². The smallest absolute Gasteiger partial charge is 0.174 e. The zero-order chi connectivity index (χ0) is 18.5. The highest BCUT2D eigenvalue weighted by molar-refractivity contribution is 7.80. The molecule has 0 bridgehead atoms. The molecule has 0 aliphatic heterocycles. The second-order valence-electron chi connectivity index (χ2n) is 6.26. The monoisotopic (exact) mass is 366 g/mol. The molecule has 0 saturated carbocycles. The van der Waals surface area contributed by atoms with Gasteiger partial charge in [0, 0.05) is 17.8 Å². The van der Waals surface area contributed by atoms with Crippen molar-refractivity contribution in [3.63, 3.8) is 0 Å². The highest BCUT2D eigenvalue weighted by Crippen LogP contribution is 2.23. The van der Waals surface area contributed by atoms with Crippen LogP contribution in [0.15, 0.2) is 65.3 Å². The van der Waals surface area contributed by atoms with E-state index in [0.29, 0.717) is 18.2 Å². The van der Waals surface area contributed by atoms with Crippen molar-refractivity contribution < 1.29 is 9.52 Å². The molecular weight excluding hydrogens is 344 g/mol. The van der Waals surface area contributed by atoms with Crippen LogP contribution in [-0.2, 0) is 13.1 Å². The van der Waals surface area contributed by atoms with E-state index in [9.17, 15) is 5.11 Å². The molecule has 0 atom stereocenters. The standard InChI is InChI=1S/C21H22N2O2S/c1-15-7-5-8-16(2)20(15)22-21(26)23(14-18-10-6-12-25-18)13-17-9-3-4-11-19(17)24/h3-12,24H,13-14H2,1-2H3,(H,22,26). The maximum Gasteiger partial charge on any atom is 0.174 e. The average molecular weight is 366 g/mol. The van der Waals surface area contributed by atoms with Crippen LogP contribution in [0.3, 0.4) is 0 Å². The molecule has 0 aliphatic carbocycles. The molecule has 2 N–H and O–H groups in total. The molecular formula is C21H22N2O2S.